The molecule has 0 spiro atoms. The maximum atomic E-state index is 12.2. The van der Waals surface area contributed by atoms with Gasteiger partial charge in [-0.1, -0.05) is 22.0 Å². The van der Waals surface area contributed by atoms with Crippen LogP contribution in [0.5, 0.6) is 5.75 Å². The number of ether oxygens (including phenoxy) is 2. The van der Waals surface area contributed by atoms with Crippen molar-refractivity contribution in [1.82, 2.24) is 10.2 Å². The van der Waals surface area contributed by atoms with E-state index < -0.39 is 0 Å². The molecule has 2 bridgehead atoms. The number of nitrogens with one attached hydrogen (secondary N) is 1. The Balaban J connectivity index is 1.37. The summed E-state index contributed by atoms with van der Waals surface area (Å²) in [5.41, 5.74) is 1.01. The molecule has 2 atom stereocenters. The topological polar surface area (TPSA) is 50.8 Å². The van der Waals surface area contributed by atoms with Gasteiger partial charge >= 0.3 is 6.09 Å². The number of hydrogen-bond donors (Lipinski definition) is 1. The van der Waals surface area contributed by atoms with E-state index in [0.29, 0.717) is 12.5 Å². The van der Waals surface area contributed by atoms with Gasteiger partial charge in [-0.3, -0.25) is 4.90 Å². The van der Waals surface area contributed by atoms with E-state index in [9.17, 15) is 4.79 Å². The Bertz CT molecular complexity index is 587. The van der Waals surface area contributed by atoms with E-state index in [1.807, 2.05) is 18.2 Å². The fourth-order valence-electron chi connectivity index (χ4n) is 3.66. The lowest BCUT2D eigenvalue weighted by Gasteiger charge is -2.43. The zero-order chi connectivity index (χ0) is 15.1. The van der Waals surface area contributed by atoms with Gasteiger partial charge in [-0.05, 0) is 44.0 Å². The SMILES string of the molecule is O=C(NC1COc2cc(Br)ccc21)O[C@@H]1CN2CCC1CC2. The Labute approximate surface area is 138 Å². The average molecular weight is 367 g/mol. The summed E-state index contributed by atoms with van der Waals surface area (Å²) in [6.45, 7) is 3.62. The van der Waals surface area contributed by atoms with Gasteiger partial charge in [0, 0.05) is 16.6 Å². The summed E-state index contributed by atoms with van der Waals surface area (Å²) in [5.74, 6) is 1.35. The van der Waals surface area contributed by atoms with Crippen molar-refractivity contribution < 1.29 is 14.3 Å². The summed E-state index contributed by atoms with van der Waals surface area (Å²) in [7, 11) is 0. The van der Waals surface area contributed by atoms with Crippen molar-refractivity contribution in [2.24, 2.45) is 5.92 Å². The van der Waals surface area contributed by atoms with Crippen molar-refractivity contribution in [2.45, 2.75) is 25.0 Å². The van der Waals surface area contributed by atoms with Crippen LogP contribution in [0.15, 0.2) is 22.7 Å². The number of benzene rings is 1. The second-order valence-corrected chi connectivity index (χ2v) is 7.19. The van der Waals surface area contributed by atoms with Crippen LogP contribution in [-0.4, -0.2) is 43.3 Å². The second kappa shape index (κ2) is 5.74. The third-order valence-electron chi connectivity index (χ3n) is 4.90. The molecule has 6 heteroatoms. The molecule has 5 rings (SSSR count). The molecule has 22 heavy (non-hydrogen) atoms. The highest BCUT2D eigenvalue weighted by molar-refractivity contribution is 9.10. The van der Waals surface area contributed by atoms with E-state index in [1.54, 1.807) is 0 Å². The molecule has 0 aromatic heterocycles. The number of fused-ring (bicyclic) bond motifs is 4. The summed E-state index contributed by atoms with van der Waals surface area (Å²) < 4.78 is 12.3. The van der Waals surface area contributed by atoms with Gasteiger partial charge in [-0.15, -0.1) is 0 Å². The lowest BCUT2D eigenvalue weighted by Crippen LogP contribution is -2.52. The van der Waals surface area contributed by atoms with Crippen LogP contribution in [0.25, 0.3) is 0 Å². The molecule has 0 saturated carbocycles. The molecule has 4 aliphatic heterocycles. The fraction of sp³-hybridized carbons (Fsp3) is 0.562. The summed E-state index contributed by atoms with van der Waals surface area (Å²) in [6, 6.07) is 5.74. The first-order valence-corrected chi connectivity index (χ1v) is 8.60. The van der Waals surface area contributed by atoms with Crippen molar-refractivity contribution in [3.05, 3.63) is 28.2 Å². The molecule has 0 aliphatic carbocycles. The number of amides is 1. The van der Waals surface area contributed by atoms with Gasteiger partial charge in [0.25, 0.3) is 0 Å². The molecule has 1 N–H and O–H groups in total. The Hall–Kier alpha value is -1.27. The van der Waals surface area contributed by atoms with E-state index in [-0.39, 0.29) is 18.2 Å². The molecule has 118 valence electrons. The molecular formula is C16H19BrN2O3. The lowest BCUT2D eigenvalue weighted by atomic mass is 9.86. The maximum absolute atomic E-state index is 12.2. The second-order valence-electron chi connectivity index (χ2n) is 6.27. The van der Waals surface area contributed by atoms with E-state index in [4.69, 9.17) is 9.47 Å². The molecule has 4 aliphatic rings. The molecule has 1 aromatic rings. The predicted molar refractivity (Wildman–Crippen MR) is 84.9 cm³/mol. The quantitative estimate of drug-likeness (QED) is 0.874. The summed E-state index contributed by atoms with van der Waals surface area (Å²) in [5, 5.41) is 2.94. The summed E-state index contributed by atoms with van der Waals surface area (Å²) in [6.07, 6.45) is 1.99. The minimum absolute atomic E-state index is 0.0363. The highest BCUT2D eigenvalue weighted by atomic mass is 79.9. The van der Waals surface area contributed by atoms with Crippen molar-refractivity contribution in [3.63, 3.8) is 0 Å². The van der Waals surface area contributed by atoms with E-state index in [0.717, 1.165) is 48.3 Å². The van der Waals surface area contributed by atoms with Crippen LogP contribution >= 0.6 is 15.9 Å². The first-order chi connectivity index (χ1) is 10.7. The normalized spacial score (nSPS) is 32.2. The highest BCUT2D eigenvalue weighted by Crippen LogP contribution is 2.35. The molecule has 0 radical (unpaired) electrons. The van der Waals surface area contributed by atoms with E-state index in [1.165, 1.54) is 0 Å². The van der Waals surface area contributed by atoms with Gasteiger partial charge in [0.05, 0.1) is 6.04 Å². The average Bonchev–Trinajstić information content (AvgIpc) is 2.90. The minimum atomic E-state index is -0.330. The van der Waals surface area contributed by atoms with Gasteiger partial charge in [0.1, 0.15) is 18.5 Å². The molecule has 1 amide bonds. The largest absolute Gasteiger partial charge is 0.491 e. The van der Waals surface area contributed by atoms with Crippen molar-refractivity contribution >= 4 is 22.0 Å². The van der Waals surface area contributed by atoms with Crippen molar-refractivity contribution in [2.75, 3.05) is 26.2 Å². The van der Waals surface area contributed by atoms with Gasteiger partial charge in [-0.2, -0.15) is 0 Å². The van der Waals surface area contributed by atoms with Crippen LogP contribution in [0, 0.1) is 5.92 Å². The fourth-order valence-corrected chi connectivity index (χ4v) is 4.00. The monoisotopic (exact) mass is 366 g/mol. The minimum Gasteiger partial charge on any atom is -0.491 e. The number of carbonyl (C=O) groups is 1. The summed E-state index contributed by atoms with van der Waals surface area (Å²) in [4.78, 5) is 14.6. The lowest BCUT2D eigenvalue weighted by molar-refractivity contribution is -0.0340. The van der Waals surface area contributed by atoms with Crippen LogP contribution < -0.4 is 10.1 Å². The smallest absolute Gasteiger partial charge is 0.408 e. The number of hydrogen-bond acceptors (Lipinski definition) is 4. The standard InChI is InChI=1S/C16H19BrN2O3/c17-11-1-2-12-13(9-21-14(12)7-11)18-16(20)22-15-8-19-5-3-10(15)4-6-19/h1-2,7,10,13,15H,3-6,8-9H2,(H,18,20)/t13?,15-/m1/s1. The molecule has 1 unspecified atom stereocenters. The maximum Gasteiger partial charge on any atom is 0.408 e. The van der Waals surface area contributed by atoms with Gasteiger partial charge in [0.15, 0.2) is 0 Å². The number of piperidine rings is 3. The predicted octanol–water partition coefficient (Wildman–Crippen LogP) is 2.70. The number of carbonyl (C=O) groups excluding carboxylic acids is 1. The summed E-state index contributed by atoms with van der Waals surface area (Å²) >= 11 is 3.42. The van der Waals surface area contributed by atoms with E-state index >= 15 is 0 Å². The first kappa shape index (κ1) is 14.3. The van der Waals surface area contributed by atoms with Crippen molar-refractivity contribution in [1.29, 1.82) is 0 Å². The van der Waals surface area contributed by atoms with Crippen LogP contribution in [0.1, 0.15) is 24.4 Å². The molecular weight excluding hydrogens is 348 g/mol. The van der Waals surface area contributed by atoms with E-state index in [2.05, 4.69) is 26.1 Å². The Morgan fingerprint density at radius 1 is 1.36 bits per heavy atom. The Morgan fingerprint density at radius 3 is 2.91 bits per heavy atom. The zero-order valence-electron chi connectivity index (χ0n) is 12.3. The van der Waals surface area contributed by atoms with Crippen LogP contribution in [-0.2, 0) is 4.74 Å². The van der Waals surface area contributed by atoms with Crippen molar-refractivity contribution in [3.8, 4) is 5.75 Å². The third kappa shape index (κ3) is 2.70. The Kier molecular flexibility index (Phi) is 3.74. The third-order valence-corrected chi connectivity index (χ3v) is 5.40. The first-order valence-electron chi connectivity index (χ1n) is 7.81. The number of alkyl carbamates (subject to hydrolysis) is 1. The van der Waals surface area contributed by atoms with Crippen LogP contribution in [0.4, 0.5) is 4.79 Å². The number of nitrogens with zero attached hydrogens (tertiary/aromatic N) is 1. The van der Waals surface area contributed by atoms with Gasteiger partial charge in [-0.25, -0.2) is 4.79 Å². The van der Waals surface area contributed by atoms with Crippen LogP contribution in [0.2, 0.25) is 0 Å². The zero-order valence-corrected chi connectivity index (χ0v) is 13.8. The Morgan fingerprint density at radius 2 is 2.18 bits per heavy atom. The van der Waals surface area contributed by atoms with Crippen LogP contribution in [0.3, 0.4) is 0 Å². The van der Waals surface area contributed by atoms with Gasteiger partial charge in [0.2, 0.25) is 0 Å². The molecule has 3 fully saturated rings. The van der Waals surface area contributed by atoms with Gasteiger partial charge < -0.3 is 14.8 Å². The molecule has 5 nitrogen and oxygen atoms in total. The number of rotatable bonds is 2. The highest BCUT2D eigenvalue weighted by Gasteiger charge is 2.37. The molecule has 4 heterocycles. The number of halogens is 1. The molecule has 3 saturated heterocycles. The molecule has 1 aromatic carbocycles.